The summed E-state index contributed by atoms with van der Waals surface area (Å²) in [4.78, 5) is 20.6. The number of rotatable bonds is 3. The van der Waals surface area contributed by atoms with Gasteiger partial charge in [-0.2, -0.15) is 0 Å². The highest BCUT2D eigenvalue weighted by molar-refractivity contribution is 5.93. The summed E-state index contributed by atoms with van der Waals surface area (Å²) in [6, 6.07) is 0.367. The molecule has 2 fully saturated rings. The Morgan fingerprint density at radius 2 is 2.05 bits per heavy atom. The molecule has 0 spiro atoms. The zero-order valence-electron chi connectivity index (χ0n) is 11.4. The number of carbonyl (C=O) groups is 1. The smallest absolute Gasteiger partial charge is 0.254 e. The standard InChI is InChI=1S/C15H21N3O/c1-2-14-16-8-11(9-17-14)15(19)18-13-7-6-10-4-3-5-12(10)13/h8-10,12-13H,2-7H2,1H3,(H,18,19)/t10-,12-,13-/m1/s1. The van der Waals surface area contributed by atoms with Crippen LogP contribution in [-0.2, 0) is 6.42 Å². The second-order valence-electron chi connectivity index (χ2n) is 5.75. The van der Waals surface area contributed by atoms with Crippen LogP contribution in [0, 0.1) is 11.8 Å². The molecule has 2 aliphatic rings. The molecule has 0 aromatic carbocycles. The molecule has 3 atom stereocenters. The summed E-state index contributed by atoms with van der Waals surface area (Å²) >= 11 is 0. The molecule has 4 heteroatoms. The van der Waals surface area contributed by atoms with Gasteiger partial charge in [0.15, 0.2) is 0 Å². The Labute approximate surface area is 114 Å². The Balaban J connectivity index is 1.64. The van der Waals surface area contributed by atoms with Gasteiger partial charge in [-0.3, -0.25) is 4.79 Å². The summed E-state index contributed by atoms with van der Waals surface area (Å²) in [5, 5.41) is 3.19. The maximum atomic E-state index is 12.2. The number of hydrogen-bond donors (Lipinski definition) is 1. The summed E-state index contributed by atoms with van der Waals surface area (Å²) < 4.78 is 0. The first-order valence-corrected chi connectivity index (χ1v) is 7.39. The van der Waals surface area contributed by atoms with E-state index in [4.69, 9.17) is 0 Å². The van der Waals surface area contributed by atoms with Crippen LogP contribution in [0.25, 0.3) is 0 Å². The minimum Gasteiger partial charge on any atom is -0.349 e. The molecular formula is C15H21N3O. The van der Waals surface area contributed by atoms with Gasteiger partial charge in [-0.15, -0.1) is 0 Å². The Morgan fingerprint density at radius 3 is 2.79 bits per heavy atom. The summed E-state index contributed by atoms with van der Waals surface area (Å²) in [5.74, 6) is 2.33. The van der Waals surface area contributed by atoms with Crippen LogP contribution in [0.1, 0.15) is 55.2 Å². The summed E-state index contributed by atoms with van der Waals surface area (Å²) in [5.41, 5.74) is 0.582. The molecule has 2 saturated carbocycles. The summed E-state index contributed by atoms with van der Waals surface area (Å²) in [6.07, 6.45) is 10.5. The van der Waals surface area contributed by atoms with E-state index in [0.717, 1.165) is 24.6 Å². The number of aryl methyl sites for hydroxylation is 1. The van der Waals surface area contributed by atoms with Crippen molar-refractivity contribution in [1.82, 2.24) is 15.3 Å². The van der Waals surface area contributed by atoms with Crippen molar-refractivity contribution < 1.29 is 4.79 Å². The zero-order chi connectivity index (χ0) is 13.2. The van der Waals surface area contributed by atoms with Crippen molar-refractivity contribution in [2.75, 3.05) is 0 Å². The number of hydrogen-bond acceptors (Lipinski definition) is 3. The van der Waals surface area contributed by atoms with Crippen LogP contribution >= 0.6 is 0 Å². The van der Waals surface area contributed by atoms with Crippen molar-refractivity contribution in [3.05, 3.63) is 23.8 Å². The van der Waals surface area contributed by atoms with E-state index in [1.165, 1.54) is 25.7 Å². The third kappa shape index (κ3) is 2.48. The van der Waals surface area contributed by atoms with Gasteiger partial charge in [-0.25, -0.2) is 9.97 Å². The van der Waals surface area contributed by atoms with Crippen molar-refractivity contribution >= 4 is 5.91 Å². The first-order valence-electron chi connectivity index (χ1n) is 7.39. The first kappa shape index (κ1) is 12.6. The molecule has 0 unspecified atom stereocenters. The molecule has 0 aliphatic heterocycles. The summed E-state index contributed by atoms with van der Waals surface area (Å²) in [7, 11) is 0. The van der Waals surface area contributed by atoms with Crippen molar-refractivity contribution in [3.8, 4) is 0 Å². The first-order chi connectivity index (χ1) is 9.28. The fraction of sp³-hybridized carbons (Fsp3) is 0.667. The van der Waals surface area contributed by atoms with E-state index >= 15 is 0 Å². The van der Waals surface area contributed by atoms with Gasteiger partial charge in [0.2, 0.25) is 0 Å². The van der Waals surface area contributed by atoms with Gasteiger partial charge in [-0.05, 0) is 31.1 Å². The van der Waals surface area contributed by atoms with Gasteiger partial charge in [0.25, 0.3) is 5.91 Å². The third-order valence-corrected chi connectivity index (χ3v) is 4.68. The molecule has 1 N–H and O–H groups in total. The molecule has 102 valence electrons. The number of nitrogens with one attached hydrogen (secondary N) is 1. The van der Waals surface area contributed by atoms with Crippen LogP contribution in [0.15, 0.2) is 12.4 Å². The Hall–Kier alpha value is -1.45. The lowest BCUT2D eigenvalue weighted by atomic mass is 9.97. The number of fused-ring (bicyclic) bond motifs is 1. The van der Waals surface area contributed by atoms with Crippen LogP contribution in [-0.4, -0.2) is 21.9 Å². The molecule has 0 radical (unpaired) electrons. The average Bonchev–Trinajstić information content (AvgIpc) is 3.04. The molecular weight excluding hydrogens is 238 g/mol. The minimum atomic E-state index is -0.0137. The maximum absolute atomic E-state index is 12.2. The Morgan fingerprint density at radius 1 is 1.26 bits per heavy atom. The van der Waals surface area contributed by atoms with E-state index in [2.05, 4.69) is 15.3 Å². The molecule has 0 saturated heterocycles. The van der Waals surface area contributed by atoms with E-state index in [0.29, 0.717) is 17.5 Å². The van der Waals surface area contributed by atoms with Gasteiger partial charge < -0.3 is 5.32 Å². The fourth-order valence-corrected chi connectivity index (χ4v) is 3.65. The van der Waals surface area contributed by atoms with Crippen LogP contribution in [0.5, 0.6) is 0 Å². The topological polar surface area (TPSA) is 54.9 Å². The Kier molecular flexibility index (Phi) is 3.49. The molecule has 0 bridgehead atoms. The average molecular weight is 259 g/mol. The largest absolute Gasteiger partial charge is 0.349 e. The number of aromatic nitrogens is 2. The van der Waals surface area contributed by atoms with Crippen LogP contribution in [0.2, 0.25) is 0 Å². The molecule has 3 rings (SSSR count). The zero-order valence-corrected chi connectivity index (χ0v) is 11.4. The molecule has 1 heterocycles. The maximum Gasteiger partial charge on any atom is 0.254 e. The van der Waals surface area contributed by atoms with Gasteiger partial charge in [-0.1, -0.05) is 19.8 Å². The number of amides is 1. The van der Waals surface area contributed by atoms with E-state index < -0.39 is 0 Å². The second kappa shape index (κ2) is 5.27. The van der Waals surface area contributed by atoms with Crippen LogP contribution < -0.4 is 5.32 Å². The van der Waals surface area contributed by atoms with Crippen molar-refractivity contribution in [1.29, 1.82) is 0 Å². The molecule has 2 aliphatic carbocycles. The normalized spacial score (nSPS) is 29.2. The van der Waals surface area contributed by atoms with E-state index in [9.17, 15) is 4.79 Å². The van der Waals surface area contributed by atoms with Gasteiger partial charge >= 0.3 is 0 Å². The fourth-order valence-electron chi connectivity index (χ4n) is 3.65. The highest BCUT2D eigenvalue weighted by Crippen LogP contribution is 2.43. The van der Waals surface area contributed by atoms with Crippen molar-refractivity contribution in [2.24, 2.45) is 11.8 Å². The third-order valence-electron chi connectivity index (χ3n) is 4.68. The lowest BCUT2D eigenvalue weighted by molar-refractivity contribution is 0.0925. The highest BCUT2D eigenvalue weighted by Gasteiger charge is 2.39. The lowest BCUT2D eigenvalue weighted by Gasteiger charge is -2.19. The second-order valence-corrected chi connectivity index (χ2v) is 5.75. The molecule has 1 aromatic heterocycles. The van der Waals surface area contributed by atoms with Crippen molar-refractivity contribution in [3.63, 3.8) is 0 Å². The highest BCUT2D eigenvalue weighted by atomic mass is 16.1. The SMILES string of the molecule is CCc1ncc(C(=O)N[C@@H]2CC[C@H]3CCC[C@H]32)cn1. The Bertz CT molecular complexity index is 457. The van der Waals surface area contributed by atoms with E-state index in [-0.39, 0.29) is 5.91 Å². The quantitative estimate of drug-likeness (QED) is 0.906. The molecule has 19 heavy (non-hydrogen) atoms. The molecule has 4 nitrogen and oxygen atoms in total. The van der Waals surface area contributed by atoms with Gasteiger partial charge in [0.1, 0.15) is 5.82 Å². The predicted octanol–water partition coefficient (Wildman–Crippen LogP) is 2.35. The monoisotopic (exact) mass is 259 g/mol. The molecule has 1 aromatic rings. The predicted molar refractivity (Wildman–Crippen MR) is 72.7 cm³/mol. The van der Waals surface area contributed by atoms with Gasteiger partial charge in [0, 0.05) is 24.9 Å². The molecule has 1 amide bonds. The number of nitrogens with zero attached hydrogens (tertiary/aromatic N) is 2. The summed E-state index contributed by atoms with van der Waals surface area (Å²) in [6.45, 7) is 2.01. The van der Waals surface area contributed by atoms with E-state index in [1.54, 1.807) is 12.4 Å². The number of carbonyl (C=O) groups excluding carboxylic acids is 1. The van der Waals surface area contributed by atoms with Crippen molar-refractivity contribution in [2.45, 2.75) is 51.5 Å². The lowest BCUT2D eigenvalue weighted by Crippen LogP contribution is -2.37. The van der Waals surface area contributed by atoms with Crippen LogP contribution in [0.3, 0.4) is 0 Å². The minimum absolute atomic E-state index is 0.0137. The van der Waals surface area contributed by atoms with Crippen LogP contribution in [0.4, 0.5) is 0 Å². The van der Waals surface area contributed by atoms with E-state index in [1.807, 2.05) is 6.92 Å². The van der Waals surface area contributed by atoms with Gasteiger partial charge in [0.05, 0.1) is 5.56 Å².